The number of benzene rings is 1. The molecule has 1 N–H and O–H groups in total. The van der Waals surface area contributed by atoms with E-state index >= 15 is 0 Å². The third kappa shape index (κ3) is 1.56. The number of nitrogens with zero attached hydrogens (tertiary/aromatic N) is 1. The van der Waals surface area contributed by atoms with Gasteiger partial charge in [0.15, 0.2) is 0 Å². The molecule has 0 bridgehead atoms. The summed E-state index contributed by atoms with van der Waals surface area (Å²) in [7, 11) is 0. The van der Waals surface area contributed by atoms with Crippen molar-refractivity contribution < 1.29 is 14.4 Å². The van der Waals surface area contributed by atoms with Gasteiger partial charge in [-0.15, -0.1) is 0 Å². The van der Waals surface area contributed by atoms with Crippen molar-refractivity contribution in [3.63, 3.8) is 0 Å². The molecule has 0 saturated carbocycles. The van der Waals surface area contributed by atoms with Crippen molar-refractivity contribution >= 4 is 18.2 Å². The summed E-state index contributed by atoms with van der Waals surface area (Å²) >= 11 is 0. The Kier molecular flexibility index (Phi) is 2.68. The Morgan fingerprint density at radius 1 is 1.12 bits per heavy atom. The van der Waals surface area contributed by atoms with Crippen LogP contribution in [-0.4, -0.2) is 36.2 Å². The van der Waals surface area contributed by atoms with Crippen LogP contribution in [0.3, 0.4) is 0 Å². The molecule has 0 aliphatic carbocycles. The number of nitrogens with one attached hydrogen (secondary N) is 1. The number of amides is 3. The molecule has 0 spiro atoms. The zero-order valence-corrected chi connectivity index (χ0v) is 8.47. The van der Waals surface area contributed by atoms with Gasteiger partial charge in [0, 0.05) is 13.1 Å². The second kappa shape index (κ2) is 4.14. The number of hydrogen-bond acceptors (Lipinski definition) is 3. The number of fused-ring (bicyclic) bond motifs is 1. The Morgan fingerprint density at radius 3 is 2.19 bits per heavy atom. The van der Waals surface area contributed by atoms with Crippen LogP contribution in [0.4, 0.5) is 0 Å². The van der Waals surface area contributed by atoms with E-state index in [9.17, 15) is 14.4 Å². The first-order valence-corrected chi connectivity index (χ1v) is 4.88. The molecular formula is C11H10N2O3. The molecule has 0 saturated heterocycles. The van der Waals surface area contributed by atoms with Gasteiger partial charge in [-0.05, 0) is 12.1 Å². The molecule has 0 atom stereocenters. The fraction of sp³-hybridized carbons (Fsp3) is 0.182. The van der Waals surface area contributed by atoms with E-state index in [1.165, 1.54) is 0 Å². The quantitative estimate of drug-likeness (QED) is 0.440. The first-order chi connectivity index (χ1) is 7.75. The molecule has 82 valence electrons. The summed E-state index contributed by atoms with van der Waals surface area (Å²) in [6.45, 7) is 0.472. The maximum absolute atomic E-state index is 11.8. The van der Waals surface area contributed by atoms with E-state index < -0.39 is 0 Å². The van der Waals surface area contributed by atoms with Gasteiger partial charge in [0.05, 0.1) is 11.1 Å². The van der Waals surface area contributed by atoms with E-state index in [0.717, 1.165) is 4.90 Å². The zero-order valence-electron chi connectivity index (χ0n) is 8.47. The molecule has 1 aromatic rings. The molecule has 5 heteroatoms. The Hall–Kier alpha value is -2.17. The highest BCUT2D eigenvalue weighted by atomic mass is 16.2. The van der Waals surface area contributed by atoms with Crippen molar-refractivity contribution in [2.45, 2.75) is 0 Å². The molecule has 0 radical (unpaired) electrons. The molecule has 0 aromatic heterocycles. The maximum atomic E-state index is 11.8. The van der Waals surface area contributed by atoms with Gasteiger partial charge in [-0.3, -0.25) is 19.3 Å². The highest BCUT2D eigenvalue weighted by Gasteiger charge is 2.34. The monoisotopic (exact) mass is 218 g/mol. The molecule has 0 unspecified atom stereocenters. The predicted octanol–water partition coefficient (Wildman–Crippen LogP) is 0.0286. The van der Waals surface area contributed by atoms with Crippen LogP contribution >= 0.6 is 0 Å². The minimum atomic E-state index is -0.298. The number of rotatable bonds is 4. The Morgan fingerprint density at radius 2 is 1.69 bits per heavy atom. The van der Waals surface area contributed by atoms with Crippen molar-refractivity contribution in [2.75, 3.05) is 13.1 Å². The smallest absolute Gasteiger partial charge is 0.261 e. The average molecular weight is 218 g/mol. The Labute approximate surface area is 92.0 Å². The first-order valence-electron chi connectivity index (χ1n) is 4.88. The molecule has 2 rings (SSSR count). The molecule has 1 aliphatic heterocycles. The number of carbonyl (C=O) groups excluding carboxylic acids is 3. The minimum Gasteiger partial charge on any atom is -0.357 e. The van der Waals surface area contributed by atoms with Gasteiger partial charge in [0.2, 0.25) is 6.41 Å². The fourth-order valence-electron chi connectivity index (χ4n) is 1.68. The lowest BCUT2D eigenvalue weighted by Gasteiger charge is -2.12. The normalized spacial score (nSPS) is 13.9. The van der Waals surface area contributed by atoms with Gasteiger partial charge >= 0.3 is 0 Å². The molecular weight excluding hydrogens is 208 g/mol. The molecule has 16 heavy (non-hydrogen) atoms. The van der Waals surface area contributed by atoms with Crippen LogP contribution in [0.2, 0.25) is 0 Å². The van der Waals surface area contributed by atoms with Crippen LogP contribution in [-0.2, 0) is 4.79 Å². The van der Waals surface area contributed by atoms with Crippen LogP contribution in [0.1, 0.15) is 20.7 Å². The molecule has 1 heterocycles. The summed E-state index contributed by atoms with van der Waals surface area (Å²) in [5.74, 6) is -0.596. The third-order valence-electron chi connectivity index (χ3n) is 2.44. The standard InChI is InChI=1S/C11H10N2O3/c14-7-12-5-6-13-10(15)8-3-1-2-4-9(8)11(13)16/h1-4,7H,5-6H2,(H,12,14). The van der Waals surface area contributed by atoms with Gasteiger partial charge in [-0.1, -0.05) is 12.1 Å². The summed E-state index contributed by atoms with van der Waals surface area (Å²) in [6, 6.07) is 6.69. The summed E-state index contributed by atoms with van der Waals surface area (Å²) in [6.07, 6.45) is 0.540. The average Bonchev–Trinajstić information content (AvgIpc) is 2.55. The van der Waals surface area contributed by atoms with Crippen molar-refractivity contribution in [1.29, 1.82) is 0 Å². The van der Waals surface area contributed by atoms with Gasteiger partial charge in [-0.25, -0.2) is 0 Å². The van der Waals surface area contributed by atoms with Crippen LogP contribution < -0.4 is 5.32 Å². The van der Waals surface area contributed by atoms with Gasteiger partial charge in [0.25, 0.3) is 11.8 Å². The largest absolute Gasteiger partial charge is 0.357 e. The van der Waals surface area contributed by atoms with Gasteiger partial charge in [-0.2, -0.15) is 0 Å². The molecule has 5 nitrogen and oxygen atoms in total. The van der Waals surface area contributed by atoms with E-state index in [1.54, 1.807) is 24.3 Å². The molecule has 0 fully saturated rings. The zero-order chi connectivity index (χ0) is 11.5. The summed E-state index contributed by atoms with van der Waals surface area (Å²) in [5.41, 5.74) is 0.859. The fourth-order valence-corrected chi connectivity index (χ4v) is 1.68. The molecule has 1 aliphatic rings. The number of hydrogen-bond donors (Lipinski definition) is 1. The van der Waals surface area contributed by atoms with E-state index in [1.807, 2.05) is 0 Å². The summed E-state index contributed by atoms with van der Waals surface area (Å²) in [4.78, 5) is 34.8. The summed E-state index contributed by atoms with van der Waals surface area (Å²) < 4.78 is 0. The molecule has 1 aromatic carbocycles. The minimum absolute atomic E-state index is 0.199. The lowest BCUT2D eigenvalue weighted by molar-refractivity contribution is -0.109. The van der Waals surface area contributed by atoms with Gasteiger partial charge in [0.1, 0.15) is 0 Å². The van der Waals surface area contributed by atoms with E-state index in [4.69, 9.17) is 0 Å². The lowest BCUT2D eigenvalue weighted by Crippen LogP contribution is -2.35. The summed E-state index contributed by atoms with van der Waals surface area (Å²) in [5, 5.41) is 2.42. The van der Waals surface area contributed by atoms with Crippen molar-refractivity contribution in [3.8, 4) is 0 Å². The number of carbonyl (C=O) groups is 3. The number of imide groups is 1. The second-order valence-electron chi connectivity index (χ2n) is 3.38. The Bertz CT molecular complexity index is 421. The van der Waals surface area contributed by atoms with Crippen LogP contribution in [0.5, 0.6) is 0 Å². The van der Waals surface area contributed by atoms with Crippen LogP contribution in [0.25, 0.3) is 0 Å². The predicted molar refractivity (Wildman–Crippen MR) is 55.9 cm³/mol. The van der Waals surface area contributed by atoms with E-state index in [0.29, 0.717) is 17.5 Å². The van der Waals surface area contributed by atoms with E-state index in [2.05, 4.69) is 5.32 Å². The highest BCUT2D eigenvalue weighted by Crippen LogP contribution is 2.21. The third-order valence-corrected chi connectivity index (χ3v) is 2.44. The topological polar surface area (TPSA) is 66.5 Å². The highest BCUT2D eigenvalue weighted by molar-refractivity contribution is 6.21. The molecule has 3 amide bonds. The van der Waals surface area contributed by atoms with Crippen molar-refractivity contribution in [2.24, 2.45) is 0 Å². The van der Waals surface area contributed by atoms with Crippen molar-refractivity contribution in [1.82, 2.24) is 10.2 Å². The van der Waals surface area contributed by atoms with Gasteiger partial charge < -0.3 is 5.32 Å². The van der Waals surface area contributed by atoms with Crippen LogP contribution in [0.15, 0.2) is 24.3 Å². The van der Waals surface area contributed by atoms with Crippen LogP contribution in [0, 0.1) is 0 Å². The first kappa shape index (κ1) is 10.4. The lowest BCUT2D eigenvalue weighted by atomic mass is 10.1. The van der Waals surface area contributed by atoms with Crippen molar-refractivity contribution in [3.05, 3.63) is 35.4 Å². The Balaban J connectivity index is 2.18. The maximum Gasteiger partial charge on any atom is 0.261 e. The second-order valence-corrected chi connectivity index (χ2v) is 3.38. The SMILES string of the molecule is O=CNCCN1C(=O)c2ccccc2C1=O. The van der Waals surface area contributed by atoms with E-state index in [-0.39, 0.29) is 24.9 Å².